The van der Waals surface area contributed by atoms with Crippen LogP contribution in [0, 0.1) is 10.1 Å². The number of benzene rings is 2. The van der Waals surface area contributed by atoms with Crippen molar-refractivity contribution in [2.75, 3.05) is 24.3 Å². The Labute approximate surface area is 194 Å². The van der Waals surface area contributed by atoms with Crippen molar-refractivity contribution >= 4 is 28.9 Å². The SMILES string of the molecule is CCON(C)C(CCC(=O)Nc1ccc([N+](=O)[O-])c(C(F)(F)F)c1)c1ccc(NC(C)=O)cc1. The molecule has 9 nitrogen and oxygen atoms in total. The van der Waals surface area contributed by atoms with Crippen LogP contribution in [0.3, 0.4) is 0 Å². The molecule has 0 saturated carbocycles. The highest BCUT2D eigenvalue weighted by atomic mass is 19.4. The van der Waals surface area contributed by atoms with Crippen molar-refractivity contribution in [3.05, 3.63) is 63.7 Å². The van der Waals surface area contributed by atoms with Gasteiger partial charge < -0.3 is 10.6 Å². The van der Waals surface area contributed by atoms with Crippen LogP contribution in [0.25, 0.3) is 0 Å². The number of alkyl halides is 3. The van der Waals surface area contributed by atoms with Gasteiger partial charge in [-0.3, -0.25) is 24.5 Å². The fraction of sp³-hybridized carbons (Fsp3) is 0.364. The molecule has 12 heteroatoms. The number of amides is 2. The Balaban J connectivity index is 2.14. The lowest BCUT2D eigenvalue weighted by molar-refractivity contribution is -0.388. The monoisotopic (exact) mass is 482 g/mol. The standard InChI is InChI=1S/C22H25F3N4O5/c1-4-34-28(3)19(15-5-7-16(8-6-15)26-14(2)30)11-12-21(31)27-17-9-10-20(29(32)33)18(13-17)22(23,24)25/h5-10,13,19H,4,11-12H2,1-3H3,(H,26,30)(H,27,31). The molecule has 0 aliphatic heterocycles. The van der Waals surface area contributed by atoms with E-state index >= 15 is 0 Å². The van der Waals surface area contributed by atoms with Gasteiger partial charge in [-0.1, -0.05) is 12.1 Å². The number of nitro groups is 1. The van der Waals surface area contributed by atoms with Gasteiger partial charge >= 0.3 is 6.18 Å². The quantitative estimate of drug-likeness (QED) is 0.367. The number of halogens is 3. The number of carbonyl (C=O) groups is 2. The number of nitrogens with zero attached hydrogens (tertiary/aromatic N) is 2. The summed E-state index contributed by atoms with van der Waals surface area (Å²) in [4.78, 5) is 38.9. The van der Waals surface area contributed by atoms with E-state index in [0.29, 0.717) is 24.4 Å². The molecule has 0 aromatic heterocycles. The van der Waals surface area contributed by atoms with E-state index < -0.39 is 28.3 Å². The molecular weight excluding hydrogens is 457 g/mol. The number of rotatable bonds is 10. The first kappa shape index (κ1) is 26.7. The van der Waals surface area contributed by atoms with Crippen LogP contribution in [0.15, 0.2) is 42.5 Å². The molecule has 0 fully saturated rings. The first-order valence-corrected chi connectivity index (χ1v) is 10.3. The molecule has 0 bridgehead atoms. The average Bonchev–Trinajstić information content (AvgIpc) is 2.74. The van der Waals surface area contributed by atoms with Crippen molar-refractivity contribution in [1.82, 2.24) is 5.06 Å². The third kappa shape index (κ3) is 7.52. The molecule has 2 rings (SSSR count). The van der Waals surface area contributed by atoms with Crippen molar-refractivity contribution in [3.63, 3.8) is 0 Å². The molecule has 0 spiro atoms. The fourth-order valence-electron chi connectivity index (χ4n) is 3.34. The first-order valence-electron chi connectivity index (χ1n) is 10.3. The Morgan fingerprint density at radius 1 is 1.12 bits per heavy atom. The summed E-state index contributed by atoms with van der Waals surface area (Å²) in [6.07, 6.45) is -4.74. The van der Waals surface area contributed by atoms with Crippen LogP contribution in [0.2, 0.25) is 0 Å². The van der Waals surface area contributed by atoms with Gasteiger partial charge in [-0.25, -0.2) is 0 Å². The second-order valence-electron chi connectivity index (χ2n) is 7.36. The van der Waals surface area contributed by atoms with Gasteiger partial charge in [0.1, 0.15) is 5.56 Å². The Morgan fingerprint density at radius 2 is 1.74 bits per heavy atom. The maximum Gasteiger partial charge on any atom is 0.423 e. The minimum atomic E-state index is -4.95. The highest BCUT2D eigenvalue weighted by Gasteiger charge is 2.38. The Kier molecular flexibility index (Phi) is 9.10. The van der Waals surface area contributed by atoms with Crippen LogP contribution < -0.4 is 10.6 Å². The van der Waals surface area contributed by atoms with Gasteiger partial charge in [0.05, 0.1) is 17.6 Å². The molecule has 0 aliphatic rings. The van der Waals surface area contributed by atoms with Crippen LogP contribution >= 0.6 is 0 Å². The zero-order valence-electron chi connectivity index (χ0n) is 18.8. The number of nitro benzene ring substituents is 1. The van der Waals surface area contributed by atoms with E-state index in [1.165, 1.54) is 6.92 Å². The Bertz CT molecular complexity index is 1030. The largest absolute Gasteiger partial charge is 0.423 e. The van der Waals surface area contributed by atoms with E-state index in [1.807, 2.05) is 0 Å². The molecule has 184 valence electrons. The average molecular weight is 482 g/mol. The predicted octanol–water partition coefficient (Wildman–Crippen LogP) is 4.92. The van der Waals surface area contributed by atoms with Crippen molar-refractivity contribution in [2.24, 2.45) is 0 Å². The lowest BCUT2D eigenvalue weighted by Crippen LogP contribution is -2.26. The molecule has 34 heavy (non-hydrogen) atoms. The smallest absolute Gasteiger partial charge is 0.326 e. The third-order valence-electron chi connectivity index (χ3n) is 4.81. The number of hydrogen-bond acceptors (Lipinski definition) is 6. The van der Waals surface area contributed by atoms with Crippen LogP contribution in [0.1, 0.15) is 43.9 Å². The second kappa shape index (κ2) is 11.6. The van der Waals surface area contributed by atoms with E-state index in [1.54, 1.807) is 43.3 Å². The van der Waals surface area contributed by atoms with Crippen molar-refractivity contribution in [1.29, 1.82) is 0 Å². The van der Waals surface area contributed by atoms with E-state index in [9.17, 15) is 32.9 Å². The van der Waals surface area contributed by atoms with Gasteiger partial charge in [-0.2, -0.15) is 18.2 Å². The normalized spacial score (nSPS) is 12.3. The molecule has 1 unspecified atom stereocenters. The topological polar surface area (TPSA) is 114 Å². The van der Waals surface area contributed by atoms with E-state index in [0.717, 1.165) is 11.6 Å². The predicted molar refractivity (Wildman–Crippen MR) is 119 cm³/mol. The number of hydrogen-bond donors (Lipinski definition) is 2. The molecule has 2 aromatic carbocycles. The van der Waals surface area contributed by atoms with E-state index in [2.05, 4.69) is 10.6 Å². The minimum absolute atomic E-state index is 0.0616. The summed E-state index contributed by atoms with van der Waals surface area (Å²) in [5.41, 5.74) is -1.33. The van der Waals surface area contributed by atoms with Gasteiger partial charge in [0.15, 0.2) is 0 Å². The summed E-state index contributed by atoms with van der Waals surface area (Å²) in [7, 11) is 1.69. The minimum Gasteiger partial charge on any atom is -0.326 e. The molecule has 2 aromatic rings. The summed E-state index contributed by atoms with van der Waals surface area (Å²) < 4.78 is 39.5. The van der Waals surface area contributed by atoms with Crippen LogP contribution in [0.5, 0.6) is 0 Å². The number of nitrogens with one attached hydrogen (secondary N) is 2. The fourth-order valence-corrected chi connectivity index (χ4v) is 3.34. The Morgan fingerprint density at radius 3 is 2.26 bits per heavy atom. The molecule has 2 amide bonds. The summed E-state index contributed by atoms with van der Waals surface area (Å²) in [6, 6.07) is 8.90. The first-order chi connectivity index (χ1) is 15.9. The lowest BCUT2D eigenvalue weighted by atomic mass is 10.0. The van der Waals surface area contributed by atoms with E-state index in [-0.39, 0.29) is 30.5 Å². The van der Waals surface area contributed by atoms with Gasteiger partial charge in [-0.15, -0.1) is 0 Å². The zero-order chi connectivity index (χ0) is 25.5. The summed E-state index contributed by atoms with van der Waals surface area (Å²) in [6.45, 7) is 3.57. The number of anilines is 2. The van der Waals surface area contributed by atoms with Crippen LogP contribution in [-0.4, -0.2) is 35.5 Å². The molecule has 0 saturated heterocycles. The van der Waals surface area contributed by atoms with Gasteiger partial charge in [0, 0.05) is 37.8 Å². The summed E-state index contributed by atoms with van der Waals surface area (Å²) >= 11 is 0. The van der Waals surface area contributed by atoms with Crippen molar-refractivity contribution < 1.29 is 32.5 Å². The maximum atomic E-state index is 13.2. The lowest BCUT2D eigenvalue weighted by Gasteiger charge is -2.27. The molecule has 0 radical (unpaired) electrons. The maximum absolute atomic E-state index is 13.2. The molecule has 0 aliphatic carbocycles. The van der Waals surface area contributed by atoms with Crippen LogP contribution in [-0.2, 0) is 20.6 Å². The highest BCUT2D eigenvalue weighted by molar-refractivity contribution is 5.91. The van der Waals surface area contributed by atoms with Crippen molar-refractivity contribution in [2.45, 2.75) is 38.9 Å². The second-order valence-corrected chi connectivity index (χ2v) is 7.36. The van der Waals surface area contributed by atoms with Gasteiger partial charge in [0.25, 0.3) is 5.69 Å². The molecule has 1 atom stereocenters. The summed E-state index contributed by atoms with van der Waals surface area (Å²) in [5.74, 6) is -0.779. The Hall–Kier alpha value is -3.51. The highest BCUT2D eigenvalue weighted by Crippen LogP contribution is 2.37. The molecule has 2 N–H and O–H groups in total. The van der Waals surface area contributed by atoms with Gasteiger partial charge in [-0.05, 0) is 43.2 Å². The number of carbonyl (C=O) groups excluding carboxylic acids is 2. The molecule has 0 heterocycles. The van der Waals surface area contributed by atoms with Gasteiger partial charge in [0.2, 0.25) is 11.8 Å². The third-order valence-corrected chi connectivity index (χ3v) is 4.81. The zero-order valence-corrected chi connectivity index (χ0v) is 18.8. The summed E-state index contributed by atoms with van der Waals surface area (Å²) in [5, 5.41) is 17.5. The van der Waals surface area contributed by atoms with Crippen LogP contribution in [0.4, 0.5) is 30.2 Å². The van der Waals surface area contributed by atoms with Crippen molar-refractivity contribution in [3.8, 4) is 0 Å². The number of hydroxylamine groups is 2. The van der Waals surface area contributed by atoms with E-state index in [4.69, 9.17) is 4.84 Å². The molecular formula is C22H25F3N4O5.